The highest BCUT2D eigenvalue weighted by atomic mass is 32.1. The van der Waals surface area contributed by atoms with E-state index in [1.807, 2.05) is 38.1 Å². The highest BCUT2D eigenvalue weighted by Crippen LogP contribution is 2.14. The molecule has 2 nitrogen and oxygen atoms in total. The molecule has 1 aromatic rings. The van der Waals surface area contributed by atoms with Gasteiger partial charge >= 0.3 is 0 Å². The van der Waals surface area contributed by atoms with Gasteiger partial charge in [-0.1, -0.05) is 12.2 Å². The van der Waals surface area contributed by atoms with Crippen molar-refractivity contribution < 1.29 is 4.79 Å². The van der Waals surface area contributed by atoms with Gasteiger partial charge in [-0.25, -0.2) is 0 Å². The standard InChI is InChI=1S/C11H15NOS/c1-3-4-5-8-12-11(13)10-7-6-9(2)14-10/h3-4,6-7H,5,8H2,1-2H3,(H,12,13)/b4-3+. The van der Waals surface area contributed by atoms with Gasteiger partial charge in [-0.15, -0.1) is 11.3 Å². The Morgan fingerprint density at radius 3 is 2.93 bits per heavy atom. The predicted octanol–water partition coefficient (Wildman–Crippen LogP) is 2.75. The largest absolute Gasteiger partial charge is 0.351 e. The molecule has 0 saturated carbocycles. The minimum absolute atomic E-state index is 0.0348. The predicted molar refractivity (Wildman–Crippen MR) is 60.8 cm³/mol. The molecule has 0 unspecified atom stereocenters. The number of hydrogen-bond donors (Lipinski definition) is 1. The molecule has 3 heteroatoms. The van der Waals surface area contributed by atoms with Crippen LogP contribution in [0.2, 0.25) is 0 Å². The lowest BCUT2D eigenvalue weighted by Gasteiger charge is -1.99. The molecule has 14 heavy (non-hydrogen) atoms. The number of carbonyl (C=O) groups excluding carboxylic acids is 1. The van der Waals surface area contributed by atoms with Crippen LogP contribution in [0, 0.1) is 6.92 Å². The summed E-state index contributed by atoms with van der Waals surface area (Å²) in [6.45, 7) is 4.69. The molecule has 0 bridgehead atoms. The fourth-order valence-electron chi connectivity index (χ4n) is 1.08. The van der Waals surface area contributed by atoms with Crippen molar-refractivity contribution in [3.8, 4) is 0 Å². The average molecular weight is 209 g/mol. The maximum atomic E-state index is 11.5. The molecule has 76 valence electrons. The smallest absolute Gasteiger partial charge is 0.261 e. The first kappa shape index (κ1) is 11.0. The zero-order chi connectivity index (χ0) is 10.4. The molecule has 0 aromatic carbocycles. The molecule has 0 aliphatic carbocycles. The molecular formula is C11H15NOS. The average Bonchev–Trinajstić information content (AvgIpc) is 2.59. The van der Waals surface area contributed by atoms with E-state index in [9.17, 15) is 4.79 Å². The van der Waals surface area contributed by atoms with Gasteiger partial charge in [0, 0.05) is 11.4 Å². The number of nitrogens with one attached hydrogen (secondary N) is 1. The van der Waals surface area contributed by atoms with E-state index in [1.54, 1.807) is 0 Å². The first-order valence-corrected chi connectivity index (χ1v) is 5.51. The van der Waals surface area contributed by atoms with Gasteiger partial charge in [0.1, 0.15) is 0 Å². The quantitative estimate of drug-likeness (QED) is 0.599. The van der Waals surface area contributed by atoms with Crippen molar-refractivity contribution in [2.45, 2.75) is 20.3 Å². The zero-order valence-corrected chi connectivity index (χ0v) is 9.36. The minimum Gasteiger partial charge on any atom is -0.351 e. The van der Waals surface area contributed by atoms with Crippen molar-refractivity contribution in [1.82, 2.24) is 5.32 Å². The van der Waals surface area contributed by atoms with E-state index < -0.39 is 0 Å². The van der Waals surface area contributed by atoms with Crippen LogP contribution in [0.15, 0.2) is 24.3 Å². The topological polar surface area (TPSA) is 29.1 Å². The molecule has 0 spiro atoms. The van der Waals surface area contributed by atoms with Gasteiger partial charge in [0.25, 0.3) is 5.91 Å². The van der Waals surface area contributed by atoms with E-state index in [0.29, 0.717) is 6.54 Å². The summed E-state index contributed by atoms with van der Waals surface area (Å²) in [7, 11) is 0. The Morgan fingerprint density at radius 1 is 1.57 bits per heavy atom. The fraction of sp³-hybridized carbons (Fsp3) is 0.364. The van der Waals surface area contributed by atoms with Gasteiger partial charge in [-0.2, -0.15) is 0 Å². The maximum Gasteiger partial charge on any atom is 0.261 e. The molecule has 0 atom stereocenters. The highest BCUT2D eigenvalue weighted by molar-refractivity contribution is 7.13. The van der Waals surface area contributed by atoms with Crippen LogP contribution in [0.3, 0.4) is 0 Å². The fourth-order valence-corrected chi connectivity index (χ4v) is 1.86. The van der Waals surface area contributed by atoms with Crippen LogP contribution in [0.1, 0.15) is 27.9 Å². The van der Waals surface area contributed by atoms with Crippen LogP contribution in [-0.4, -0.2) is 12.5 Å². The van der Waals surface area contributed by atoms with Crippen molar-refractivity contribution in [2.24, 2.45) is 0 Å². The van der Waals surface area contributed by atoms with Crippen molar-refractivity contribution in [3.63, 3.8) is 0 Å². The summed E-state index contributed by atoms with van der Waals surface area (Å²) in [5.74, 6) is 0.0348. The summed E-state index contributed by atoms with van der Waals surface area (Å²) in [4.78, 5) is 13.5. The maximum absolute atomic E-state index is 11.5. The third-order valence-electron chi connectivity index (χ3n) is 1.80. The molecule has 0 saturated heterocycles. The van der Waals surface area contributed by atoms with Crippen molar-refractivity contribution >= 4 is 17.2 Å². The first-order valence-electron chi connectivity index (χ1n) is 4.70. The van der Waals surface area contributed by atoms with Crippen LogP contribution in [0.4, 0.5) is 0 Å². The Morgan fingerprint density at radius 2 is 2.36 bits per heavy atom. The normalized spacial score (nSPS) is 10.7. The summed E-state index contributed by atoms with van der Waals surface area (Å²) in [5, 5.41) is 2.87. The lowest BCUT2D eigenvalue weighted by atomic mass is 10.3. The van der Waals surface area contributed by atoms with Crippen LogP contribution < -0.4 is 5.32 Å². The van der Waals surface area contributed by atoms with Crippen LogP contribution in [0.5, 0.6) is 0 Å². The SMILES string of the molecule is C/C=C/CCNC(=O)c1ccc(C)s1. The van der Waals surface area contributed by atoms with Gasteiger partial charge in [0.05, 0.1) is 4.88 Å². The van der Waals surface area contributed by atoms with Crippen LogP contribution >= 0.6 is 11.3 Å². The molecule has 0 aliphatic heterocycles. The number of rotatable bonds is 4. The lowest BCUT2D eigenvalue weighted by molar-refractivity contribution is 0.0958. The van der Waals surface area contributed by atoms with E-state index in [2.05, 4.69) is 5.32 Å². The summed E-state index contributed by atoms with van der Waals surface area (Å²) < 4.78 is 0. The van der Waals surface area contributed by atoms with Crippen LogP contribution in [-0.2, 0) is 0 Å². The second-order valence-electron chi connectivity index (χ2n) is 3.02. The van der Waals surface area contributed by atoms with E-state index in [4.69, 9.17) is 0 Å². The Hall–Kier alpha value is -1.09. The zero-order valence-electron chi connectivity index (χ0n) is 8.54. The van der Waals surface area contributed by atoms with Crippen molar-refractivity contribution in [2.75, 3.05) is 6.54 Å². The summed E-state index contributed by atoms with van der Waals surface area (Å²) in [6.07, 6.45) is 4.92. The third-order valence-corrected chi connectivity index (χ3v) is 2.80. The summed E-state index contributed by atoms with van der Waals surface area (Å²) in [6, 6.07) is 3.83. The monoisotopic (exact) mass is 209 g/mol. The molecule has 1 heterocycles. The molecule has 0 fully saturated rings. The molecule has 1 rings (SSSR count). The number of hydrogen-bond acceptors (Lipinski definition) is 2. The molecule has 1 aromatic heterocycles. The van der Waals surface area contributed by atoms with E-state index >= 15 is 0 Å². The number of allylic oxidation sites excluding steroid dienone is 1. The van der Waals surface area contributed by atoms with E-state index in [1.165, 1.54) is 16.2 Å². The molecule has 1 N–H and O–H groups in total. The van der Waals surface area contributed by atoms with Crippen molar-refractivity contribution in [3.05, 3.63) is 34.0 Å². The van der Waals surface area contributed by atoms with E-state index in [0.717, 1.165) is 11.3 Å². The Bertz CT molecular complexity index is 328. The summed E-state index contributed by atoms with van der Waals surface area (Å²) in [5.41, 5.74) is 0. The molecular weight excluding hydrogens is 194 g/mol. The number of aryl methyl sites for hydroxylation is 1. The first-order chi connectivity index (χ1) is 6.74. The number of thiophene rings is 1. The minimum atomic E-state index is 0.0348. The van der Waals surface area contributed by atoms with E-state index in [-0.39, 0.29) is 5.91 Å². The third kappa shape index (κ3) is 3.34. The lowest BCUT2D eigenvalue weighted by Crippen LogP contribution is -2.23. The highest BCUT2D eigenvalue weighted by Gasteiger charge is 2.05. The van der Waals surface area contributed by atoms with Gasteiger partial charge in [0.2, 0.25) is 0 Å². The Balaban J connectivity index is 2.35. The van der Waals surface area contributed by atoms with Crippen molar-refractivity contribution in [1.29, 1.82) is 0 Å². The Labute approximate surface area is 88.6 Å². The van der Waals surface area contributed by atoms with Gasteiger partial charge in [-0.3, -0.25) is 4.79 Å². The number of amides is 1. The van der Waals surface area contributed by atoms with Gasteiger partial charge < -0.3 is 5.32 Å². The second-order valence-corrected chi connectivity index (χ2v) is 4.31. The molecule has 1 amide bonds. The second kappa shape index (κ2) is 5.60. The molecule has 0 radical (unpaired) electrons. The summed E-state index contributed by atoms with van der Waals surface area (Å²) >= 11 is 1.53. The van der Waals surface area contributed by atoms with Gasteiger partial charge in [-0.05, 0) is 32.4 Å². The number of carbonyl (C=O) groups is 1. The molecule has 0 aliphatic rings. The Kier molecular flexibility index (Phi) is 4.40. The van der Waals surface area contributed by atoms with Gasteiger partial charge in [0.15, 0.2) is 0 Å². The van der Waals surface area contributed by atoms with Crippen LogP contribution in [0.25, 0.3) is 0 Å².